The summed E-state index contributed by atoms with van der Waals surface area (Å²) in [5.74, 6) is 0.565. The number of aromatic nitrogens is 1. The molecule has 0 radical (unpaired) electrons. The molecule has 0 bridgehead atoms. The number of nitrogens with zero attached hydrogens (tertiary/aromatic N) is 3. The van der Waals surface area contributed by atoms with E-state index in [-0.39, 0.29) is 11.9 Å². The average Bonchev–Trinajstić information content (AvgIpc) is 3.35. The molecule has 198 valence electrons. The summed E-state index contributed by atoms with van der Waals surface area (Å²) in [4.78, 5) is 34.2. The first-order chi connectivity index (χ1) is 18.0. The van der Waals surface area contributed by atoms with Gasteiger partial charge in [0.15, 0.2) is 0 Å². The number of hydrogen-bond acceptors (Lipinski definition) is 6. The van der Waals surface area contributed by atoms with Gasteiger partial charge in [-0.25, -0.2) is 9.78 Å². The highest BCUT2D eigenvalue weighted by atomic mass is 16.4. The van der Waals surface area contributed by atoms with E-state index in [0.717, 1.165) is 69.8 Å². The summed E-state index contributed by atoms with van der Waals surface area (Å²) in [6.07, 6.45) is 6.51. The highest BCUT2D eigenvalue weighted by Gasteiger charge is 2.34. The molecule has 4 heterocycles. The van der Waals surface area contributed by atoms with Crippen molar-refractivity contribution in [2.75, 3.05) is 38.0 Å². The van der Waals surface area contributed by atoms with Gasteiger partial charge in [-0.1, -0.05) is 36.4 Å². The van der Waals surface area contributed by atoms with Crippen LogP contribution in [0.3, 0.4) is 0 Å². The Bertz CT molecular complexity index is 1070. The molecule has 0 aliphatic carbocycles. The number of aryl methyl sites for hydroxylation is 2. The van der Waals surface area contributed by atoms with Gasteiger partial charge in [0.2, 0.25) is 5.91 Å². The number of benzene rings is 1. The second kappa shape index (κ2) is 12.0. The fourth-order valence-corrected chi connectivity index (χ4v) is 5.87. The molecule has 2 fully saturated rings. The summed E-state index contributed by atoms with van der Waals surface area (Å²) in [7, 11) is 0. The lowest BCUT2D eigenvalue weighted by Crippen LogP contribution is -2.52. The van der Waals surface area contributed by atoms with Gasteiger partial charge in [0.25, 0.3) is 0 Å². The number of aliphatic carboxylic acids is 1. The van der Waals surface area contributed by atoms with Crippen LogP contribution in [0.2, 0.25) is 0 Å². The van der Waals surface area contributed by atoms with Crippen LogP contribution in [0.25, 0.3) is 0 Å². The van der Waals surface area contributed by atoms with Gasteiger partial charge in [0.05, 0.1) is 6.04 Å². The van der Waals surface area contributed by atoms with Gasteiger partial charge < -0.3 is 20.6 Å². The third-order valence-electron chi connectivity index (χ3n) is 8.04. The monoisotopic (exact) mass is 505 g/mol. The number of anilines is 1. The molecule has 3 aliphatic heterocycles. The maximum Gasteiger partial charge on any atom is 0.326 e. The van der Waals surface area contributed by atoms with E-state index in [1.807, 2.05) is 18.2 Å². The lowest BCUT2D eigenvalue weighted by Gasteiger charge is -2.40. The Kier molecular flexibility index (Phi) is 8.36. The van der Waals surface area contributed by atoms with Gasteiger partial charge in [-0.2, -0.15) is 0 Å². The summed E-state index contributed by atoms with van der Waals surface area (Å²) in [6.45, 7) is 5.23. The van der Waals surface area contributed by atoms with Crippen LogP contribution in [-0.2, 0) is 29.0 Å². The van der Waals surface area contributed by atoms with Crippen LogP contribution in [0.1, 0.15) is 48.9 Å². The molecule has 2 atom stereocenters. The van der Waals surface area contributed by atoms with Crippen LogP contribution >= 0.6 is 0 Å². The standard InChI is InChI=1S/C29H39N5O3/c35-28(26-9-5-16-34(26)20-21-6-2-1-3-7-21)32-25(29(36)37)14-17-33-18-22(19-33)10-12-24-13-11-23-8-4-15-30-27(23)31-24/h1-3,6-7,11,13,22,25-26H,4-5,8-10,12,14-20H2,(H,30,31)(H,32,35)(H,36,37). The van der Waals surface area contributed by atoms with E-state index in [2.05, 4.69) is 44.7 Å². The lowest BCUT2D eigenvalue weighted by molar-refractivity contribution is -0.143. The van der Waals surface area contributed by atoms with Crippen molar-refractivity contribution >= 4 is 17.7 Å². The summed E-state index contributed by atoms with van der Waals surface area (Å²) in [5.41, 5.74) is 3.64. The van der Waals surface area contributed by atoms with Crippen LogP contribution < -0.4 is 10.6 Å². The molecule has 1 aromatic heterocycles. The molecule has 37 heavy (non-hydrogen) atoms. The van der Waals surface area contributed by atoms with Crippen LogP contribution in [0.4, 0.5) is 5.82 Å². The van der Waals surface area contributed by atoms with Gasteiger partial charge in [-0.3, -0.25) is 9.69 Å². The molecule has 1 aromatic carbocycles. The van der Waals surface area contributed by atoms with E-state index in [1.54, 1.807) is 0 Å². The summed E-state index contributed by atoms with van der Waals surface area (Å²) < 4.78 is 0. The van der Waals surface area contributed by atoms with Gasteiger partial charge in [-0.05, 0) is 74.6 Å². The number of pyridine rings is 1. The number of rotatable bonds is 11. The number of carboxylic acids is 1. The number of fused-ring (bicyclic) bond motifs is 1. The summed E-state index contributed by atoms with van der Waals surface area (Å²) in [6, 6.07) is 13.4. The molecule has 5 rings (SSSR count). The molecular weight excluding hydrogens is 466 g/mol. The largest absolute Gasteiger partial charge is 0.480 e. The van der Waals surface area contributed by atoms with Crippen molar-refractivity contribution in [1.29, 1.82) is 0 Å². The summed E-state index contributed by atoms with van der Waals surface area (Å²) >= 11 is 0. The fraction of sp³-hybridized carbons (Fsp3) is 0.552. The van der Waals surface area contributed by atoms with Gasteiger partial charge >= 0.3 is 5.97 Å². The van der Waals surface area contributed by atoms with Crippen molar-refractivity contribution in [3.63, 3.8) is 0 Å². The Balaban J connectivity index is 1.03. The maximum absolute atomic E-state index is 13.0. The Labute approximate surface area is 219 Å². The number of nitrogens with one attached hydrogen (secondary N) is 2. The number of hydrogen-bond donors (Lipinski definition) is 3. The van der Waals surface area contributed by atoms with E-state index < -0.39 is 12.0 Å². The molecule has 0 spiro atoms. The first kappa shape index (κ1) is 25.7. The van der Waals surface area contributed by atoms with E-state index in [1.165, 1.54) is 17.5 Å². The Morgan fingerprint density at radius 1 is 1.14 bits per heavy atom. The zero-order valence-electron chi connectivity index (χ0n) is 21.6. The van der Waals surface area contributed by atoms with E-state index in [0.29, 0.717) is 25.4 Å². The van der Waals surface area contributed by atoms with Crippen LogP contribution in [0.15, 0.2) is 42.5 Å². The number of carbonyl (C=O) groups is 2. The highest BCUT2D eigenvalue weighted by molar-refractivity contribution is 5.87. The number of carboxylic acid groups (broad SMARTS) is 1. The Morgan fingerprint density at radius 2 is 1.97 bits per heavy atom. The third-order valence-corrected chi connectivity index (χ3v) is 8.04. The molecular formula is C29H39N5O3. The molecule has 3 N–H and O–H groups in total. The first-order valence-electron chi connectivity index (χ1n) is 13.8. The maximum atomic E-state index is 13.0. The second-order valence-electron chi connectivity index (χ2n) is 10.8. The van der Waals surface area contributed by atoms with Crippen molar-refractivity contribution in [3.8, 4) is 0 Å². The first-order valence-corrected chi connectivity index (χ1v) is 13.8. The predicted octanol–water partition coefficient (Wildman–Crippen LogP) is 2.93. The number of carbonyl (C=O) groups excluding carboxylic acids is 1. The van der Waals surface area contributed by atoms with Crippen LogP contribution in [0, 0.1) is 5.92 Å². The molecule has 3 aliphatic rings. The van der Waals surface area contributed by atoms with Crippen molar-refractivity contribution in [2.24, 2.45) is 5.92 Å². The zero-order chi connectivity index (χ0) is 25.6. The van der Waals surface area contributed by atoms with Gasteiger partial charge in [0.1, 0.15) is 11.9 Å². The SMILES string of the molecule is O=C(O)C(CCN1CC(CCc2ccc3c(n2)NCCC3)C1)NC(=O)C1CCCN1Cc1ccccc1. The minimum absolute atomic E-state index is 0.158. The highest BCUT2D eigenvalue weighted by Crippen LogP contribution is 2.24. The quantitative estimate of drug-likeness (QED) is 0.432. The lowest BCUT2D eigenvalue weighted by atomic mass is 9.93. The van der Waals surface area contributed by atoms with Crippen molar-refractivity contribution in [3.05, 3.63) is 59.3 Å². The van der Waals surface area contributed by atoms with Gasteiger partial charge in [0, 0.05) is 38.4 Å². The van der Waals surface area contributed by atoms with Crippen molar-refractivity contribution in [1.82, 2.24) is 20.1 Å². The Morgan fingerprint density at radius 3 is 2.78 bits per heavy atom. The smallest absolute Gasteiger partial charge is 0.326 e. The van der Waals surface area contributed by atoms with Gasteiger partial charge in [-0.15, -0.1) is 0 Å². The molecule has 2 aromatic rings. The molecule has 8 nitrogen and oxygen atoms in total. The van der Waals surface area contributed by atoms with Crippen LogP contribution in [-0.4, -0.2) is 76.6 Å². The van der Waals surface area contributed by atoms with E-state index in [4.69, 9.17) is 4.98 Å². The average molecular weight is 506 g/mol. The molecule has 0 saturated carbocycles. The minimum Gasteiger partial charge on any atom is -0.480 e. The number of likely N-dealkylation sites (tertiary alicyclic amines) is 2. The number of amides is 1. The normalized spacial score (nSPS) is 21.0. The molecule has 2 saturated heterocycles. The molecule has 8 heteroatoms. The summed E-state index contributed by atoms with van der Waals surface area (Å²) in [5, 5.41) is 16.0. The van der Waals surface area contributed by atoms with Crippen LogP contribution in [0.5, 0.6) is 0 Å². The molecule has 1 amide bonds. The predicted molar refractivity (Wildman–Crippen MR) is 143 cm³/mol. The van der Waals surface area contributed by atoms with E-state index >= 15 is 0 Å². The fourth-order valence-electron chi connectivity index (χ4n) is 5.87. The second-order valence-corrected chi connectivity index (χ2v) is 10.8. The van der Waals surface area contributed by atoms with Crippen molar-refractivity contribution in [2.45, 2.75) is 63.6 Å². The minimum atomic E-state index is -0.954. The zero-order valence-corrected chi connectivity index (χ0v) is 21.6. The topological polar surface area (TPSA) is 97.8 Å². The van der Waals surface area contributed by atoms with Crippen molar-refractivity contribution < 1.29 is 14.7 Å². The molecule has 2 unspecified atom stereocenters. The Hall–Kier alpha value is -2.97. The third kappa shape index (κ3) is 6.67. The van der Waals surface area contributed by atoms with E-state index in [9.17, 15) is 14.7 Å².